The van der Waals surface area contributed by atoms with E-state index in [1.807, 2.05) is 6.92 Å². The zero-order chi connectivity index (χ0) is 14.2. The molecule has 0 aromatic heterocycles. The Labute approximate surface area is 117 Å². The average Bonchev–Trinajstić information content (AvgIpc) is 2.98. The Morgan fingerprint density at radius 2 is 2.05 bits per heavy atom. The van der Waals surface area contributed by atoms with Gasteiger partial charge in [0.25, 0.3) is 0 Å². The molecule has 0 saturated heterocycles. The van der Waals surface area contributed by atoms with Gasteiger partial charge in [0.15, 0.2) is 0 Å². The molecule has 0 aliphatic heterocycles. The van der Waals surface area contributed by atoms with Gasteiger partial charge in [0.2, 0.25) is 15.9 Å². The highest BCUT2D eigenvalue weighted by Gasteiger charge is 2.39. The van der Waals surface area contributed by atoms with Gasteiger partial charge in [-0.25, -0.2) is 8.42 Å². The molecule has 0 radical (unpaired) electrons. The summed E-state index contributed by atoms with van der Waals surface area (Å²) in [5.74, 6) is 0.488. The number of nitrogens with one attached hydrogen (secondary N) is 2. The van der Waals surface area contributed by atoms with E-state index in [1.165, 1.54) is 12.1 Å². The zero-order valence-electron chi connectivity index (χ0n) is 10.6. The number of carbonyl (C=O) groups is 1. The van der Waals surface area contributed by atoms with Gasteiger partial charge in [-0.05, 0) is 30.5 Å². The van der Waals surface area contributed by atoms with Crippen molar-refractivity contribution in [2.75, 3.05) is 16.3 Å². The van der Waals surface area contributed by atoms with Crippen LogP contribution in [0, 0.1) is 11.8 Å². The van der Waals surface area contributed by atoms with Crippen LogP contribution in [0.25, 0.3) is 0 Å². The van der Waals surface area contributed by atoms with E-state index >= 15 is 0 Å². The average molecular weight is 303 g/mol. The minimum atomic E-state index is -3.37. The third kappa shape index (κ3) is 3.84. The summed E-state index contributed by atoms with van der Waals surface area (Å²) in [6.07, 6.45) is 1.96. The topological polar surface area (TPSA) is 75.3 Å². The second-order valence-corrected chi connectivity index (χ2v) is 7.03. The monoisotopic (exact) mass is 302 g/mol. The van der Waals surface area contributed by atoms with Crippen LogP contribution in [0.4, 0.5) is 11.4 Å². The summed E-state index contributed by atoms with van der Waals surface area (Å²) < 4.78 is 24.5. The van der Waals surface area contributed by atoms with Crippen LogP contribution < -0.4 is 10.0 Å². The number of halogens is 1. The lowest BCUT2D eigenvalue weighted by molar-refractivity contribution is -0.117. The number of hydrogen-bond acceptors (Lipinski definition) is 3. The smallest absolute Gasteiger partial charge is 0.229 e. The normalized spacial score (nSPS) is 21.8. The lowest BCUT2D eigenvalue weighted by Crippen LogP contribution is -2.15. The van der Waals surface area contributed by atoms with Gasteiger partial charge in [-0.15, -0.1) is 0 Å². The van der Waals surface area contributed by atoms with Crippen LogP contribution in [0.15, 0.2) is 18.2 Å². The molecule has 0 heterocycles. The maximum absolute atomic E-state index is 11.7. The predicted octanol–water partition coefficient (Wildman–Crippen LogP) is 2.31. The van der Waals surface area contributed by atoms with Gasteiger partial charge in [0, 0.05) is 11.6 Å². The van der Waals surface area contributed by atoms with Crippen LogP contribution in [-0.4, -0.2) is 20.6 Å². The van der Waals surface area contributed by atoms with Gasteiger partial charge < -0.3 is 5.32 Å². The molecule has 1 fully saturated rings. The van der Waals surface area contributed by atoms with Crippen molar-refractivity contribution in [1.29, 1.82) is 0 Å². The first kappa shape index (κ1) is 14.1. The first-order valence-corrected chi connectivity index (χ1v) is 8.11. The molecular formula is C12H15ClN2O3S. The standard InChI is InChI=1S/C12H15ClN2O3S/c1-7-5-9(7)12(16)14-8-3-4-11(10(13)6-8)15-19(2,17)18/h3-4,6-7,9,15H,5H2,1-2H3,(H,14,16). The Morgan fingerprint density at radius 1 is 1.42 bits per heavy atom. The molecule has 104 valence electrons. The third-order valence-electron chi connectivity index (χ3n) is 2.98. The summed E-state index contributed by atoms with van der Waals surface area (Å²) in [4.78, 5) is 11.7. The minimum Gasteiger partial charge on any atom is -0.326 e. The molecule has 2 N–H and O–H groups in total. The van der Waals surface area contributed by atoms with Crippen molar-refractivity contribution in [3.63, 3.8) is 0 Å². The van der Waals surface area contributed by atoms with Crippen molar-refractivity contribution in [3.05, 3.63) is 23.2 Å². The Hall–Kier alpha value is -1.27. The second kappa shape index (κ2) is 5.02. The van der Waals surface area contributed by atoms with Crippen molar-refractivity contribution in [1.82, 2.24) is 0 Å². The van der Waals surface area contributed by atoms with Gasteiger partial charge in [-0.2, -0.15) is 0 Å². The van der Waals surface area contributed by atoms with Crippen LogP contribution in [0.3, 0.4) is 0 Å². The van der Waals surface area contributed by atoms with Crippen LogP contribution in [0.5, 0.6) is 0 Å². The summed E-state index contributed by atoms with van der Waals surface area (Å²) in [6.45, 7) is 2.02. The summed E-state index contributed by atoms with van der Waals surface area (Å²) in [7, 11) is -3.37. The lowest BCUT2D eigenvalue weighted by atomic mass is 10.2. The number of benzene rings is 1. The number of rotatable bonds is 4. The molecule has 2 unspecified atom stereocenters. The SMILES string of the molecule is CC1CC1C(=O)Nc1ccc(NS(C)(=O)=O)c(Cl)c1. The highest BCUT2D eigenvalue weighted by atomic mass is 35.5. The second-order valence-electron chi connectivity index (χ2n) is 4.88. The molecule has 1 aliphatic rings. The van der Waals surface area contributed by atoms with E-state index in [-0.39, 0.29) is 16.8 Å². The third-order valence-corrected chi connectivity index (χ3v) is 3.88. The maximum atomic E-state index is 11.7. The van der Waals surface area contributed by atoms with E-state index in [1.54, 1.807) is 6.07 Å². The van der Waals surface area contributed by atoms with Crippen molar-refractivity contribution in [3.8, 4) is 0 Å². The van der Waals surface area contributed by atoms with Crippen molar-refractivity contribution >= 4 is 38.9 Å². The summed E-state index contributed by atoms with van der Waals surface area (Å²) >= 11 is 5.96. The molecule has 19 heavy (non-hydrogen) atoms. The van der Waals surface area contributed by atoms with Gasteiger partial charge in [-0.1, -0.05) is 18.5 Å². The van der Waals surface area contributed by atoms with Crippen molar-refractivity contribution in [2.45, 2.75) is 13.3 Å². The number of hydrogen-bond donors (Lipinski definition) is 2. The highest BCUT2D eigenvalue weighted by Crippen LogP contribution is 2.38. The molecule has 2 atom stereocenters. The Kier molecular flexibility index (Phi) is 3.73. The molecule has 0 bridgehead atoms. The minimum absolute atomic E-state index is 0.0209. The molecule has 1 aromatic rings. The first-order valence-electron chi connectivity index (χ1n) is 5.84. The fourth-order valence-electron chi connectivity index (χ4n) is 1.80. The van der Waals surface area contributed by atoms with E-state index in [9.17, 15) is 13.2 Å². The van der Waals surface area contributed by atoms with Crippen LogP contribution in [0.1, 0.15) is 13.3 Å². The Balaban J connectivity index is 2.08. The van der Waals surface area contributed by atoms with Gasteiger partial charge >= 0.3 is 0 Å². The maximum Gasteiger partial charge on any atom is 0.229 e. The van der Waals surface area contributed by atoms with E-state index in [2.05, 4.69) is 10.0 Å². The Bertz CT molecular complexity index is 615. The summed E-state index contributed by atoms with van der Waals surface area (Å²) in [5.41, 5.74) is 0.857. The first-order chi connectivity index (χ1) is 8.76. The molecule has 2 rings (SSSR count). The molecular weight excluding hydrogens is 288 g/mol. The molecule has 7 heteroatoms. The molecule has 1 aromatic carbocycles. The van der Waals surface area contributed by atoms with E-state index < -0.39 is 10.0 Å². The molecule has 0 spiro atoms. The number of anilines is 2. The fourth-order valence-corrected chi connectivity index (χ4v) is 2.66. The number of carbonyl (C=O) groups excluding carboxylic acids is 1. The fraction of sp³-hybridized carbons (Fsp3) is 0.417. The zero-order valence-corrected chi connectivity index (χ0v) is 12.2. The van der Waals surface area contributed by atoms with Gasteiger partial charge in [-0.3, -0.25) is 9.52 Å². The van der Waals surface area contributed by atoms with Crippen LogP contribution >= 0.6 is 11.6 Å². The van der Waals surface area contributed by atoms with Crippen molar-refractivity contribution < 1.29 is 13.2 Å². The number of amides is 1. The lowest BCUT2D eigenvalue weighted by Gasteiger charge is -2.09. The molecule has 1 aliphatic carbocycles. The van der Waals surface area contributed by atoms with E-state index in [0.29, 0.717) is 17.3 Å². The Morgan fingerprint density at radius 3 is 2.53 bits per heavy atom. The molecule has 1 amide bonds. The summed E-state index contributed by atoms with van der Waals surface area (Å²) in [6, 6.07) is 4.67. The van der Waals surface area contributed by atoms with Gasteiger partial charge in [0.1, 0.15) is 0 Å². The molecule has 1 saturated carbocycles. The van der Waals surface area contributed by atoms with Gasteiger partial charge in [0.05, 0.1) is 17.0 Å². The van der Waals surface area contributed by atoms with E-state index in [4.69, 9.17) is 11.6 Å². The van der Waals surface area contributed by atoms with Crippen LogP contribution in [0.2, 0.25) is 5.02 Å². The largest absolute Gasteiger partial charge is 0.326 e. The van der Waals surface area contributed by atoms with Crippen LogP contribution in [-0.2, 0) is 14.8 Å². The predicted molar refractivity (Wildman–Crippen MR) is 75.8 cm³/mol. The molecule has 5 nitrogen and oxygen atoms in total. The highest BCUT2D eigenvalue weighted by molar-refractivity contribution is 7.92. The van der Waals surface area contributed by atoms with Crippen molar-refractivity contribution in [2.24, 2.45) is 11.8 Å². The quantitative estimate of drug-likeness (QED) is 0.896. The van der Waals surface area contributed by atoms with E-state index in [0.717, 1.165) is 12.7 Å². The summed E-state index contributed by atoms with van der Waals surface area (Å²) in [5, 5.41) is 3.01. The number of sulfonamides is 1.